The van der Waals surface area contributed by atoms with E-state index < -0.39 is 11.6 Å². The first kappa shape index (κ1) is 35.1. The Bertz CT molecular complexity index is 1320. The number of anilines is 2. The number of rotatable bonds is 20. The summed E-state index contributed by atoms with van der Waals surface area (Å²) >= 11 is 0. The van der Waals surface area contributed by atoms with Gasteiger partial charge in [-0.2, -0.15) is 0 Å². The average molecular weight is 630 g/mol. The summed E-state index contributed by atoms with van der Waals surface area (Å²) < 4.78 is 19.4. The third-order valence-electron chi connectivity index (χ3n) is 8.77. The molecular formula is C39H55N3O4. The molecule has 0 unspecified atom stereocenters. The monoisotopic (exact) mass is 629 g/mol. The van der Waals surface area contributed by atoms with E-state index in [0.717, 1.165) is 100 Å². The van der Waals surface area contributed by atoms with Gasteiger partial charge in [0.2, 0.25) is 0 Å². The van der Waals surface area contributed by atoms with Gasteiger partial charge in [0.1, 0.15) is 11.5 Å². The fraction of sp³-hybridized carbons (Fsp3) is 0.538. The molecule has 3 aromatic rings. The Morgan fingerprint density at radius 2 is 1.11 bits per heavy atom. The van der Waals surface area contributed by atoms with Crippen molar-refractivity contribution in [1.82, 2.24) is 4.98 Å². The van der Waals surface area contributed by atoms with Gasteiger partial charge in [0.25, 0.3) is 0 Å². The van der Waals surface area contributed by atoms with E-state index in [0.29, 0.717) is 36.0 Å². The number of benzene rings is 2. The van der Waals surface area contributed by atoms with Crippen molar-refractivity contribution in [3.05, 3.63) is 77.1 Å². The van der Waals surface area contributed by atoms with Crippen LogP contribution >= 0.6 is 0 Å². The number of unbranched alkanes of at least 4 members (excludes halogenated alkanes) is 4. The number of carbonyl (C=O) groups excluding carboxylic acids is 1. The lowest BCUT2D eigenvalue weighted by atomic mass is 9.79. The zero-order valence-electron chi connectivity index (χ0n) is 29.1. The predicted octanol–water partition coefficient (Wildman–Crippen LogP) is 9.15. The van der Waals surface area contributed by atoms with Crippen LogP contribution in [-0.4, -0.2) is 50.3 Å². The van der Waals surface area contributed by atoms with Crippen molar-refractivity contribution < 1.29 is 19.0 Å². The number of nitrogens with zero attached hydrogens (tertiary/aromatic N) is 3. The maximum Gasteiger partial charge on any atom is 0.358 e. The largest absolute Gasteiger partial charge is 0.493 e. The van der Waals surface area contributed by atoms with Crippen LogP contribution in [0.4, 0.5) is 11.4 Å². The first-order chi connectivity index (χ1) is 22.5. The summed E-state index contributed by atoms with van der Waals surface area (Å²) in [5.41, 5.74) is 3.50. The molecule has 0 bridgehead atoms. The highest BCUT2D eigenvalue weighted by atomic mass is 16.6. The number of carbonyl (C=O) groups is 1. The lowest BCUT2D eigenvalue weighted by Crippen LogP contribution is -2.32. The molecule has 250 valence electrons. The van der Waals surface area contributed by atoms with Crippen molar-refractivity contribution in [3.8, 4) is 11.5 Å². The van der Waals surface area contributed by atoms with E-state index in [-0.39, 0.29) is 0 Å². The molecule has 46 heavy (non-hydrogen) atoms. The standard InChI is InChI=1S/C39H55N3O4/c1-7-13-24-41(25-14-8-2)30-19-21-32(35(28-30)44-11-5)39(34-18-17-23-40-37(34)38(43)46-39)33-22-20-31(29-36(33)45-12-6)42(26-15-9-3)27-16-10-4/h17-23,28-29H,7-16,24-27H2,1-6H3. The number of esters is 1. The Hall–Kier alpha value is -3.74. The van der Waals surface area contributed by atoms with Crippen molar-refractivity contribution in [1.29, 1.82) is 0 Å². The molecule has 0 radical (unpaired) electrons. The van der Waals surface area contributed by atoms with Crippen molar-refractivity contribution in [3.63, 3.8) is 0 Å². The van der Waals surface area contributed by atoms with Gasteiger partial charge in [-0.25, -0.2) is 9.78 Å². The third kappa shape index (κ3) is 7.62. The highest BCUT2D eigenvalue weighted by Gasteiger charge is 2.52. The molecule has 2 aromatic carbocycles. The lowest BCUT2D eigenvalue weighted by molar-refractivity contribution is 0.0234. The second-order valence-corrected chi connectivity index (χ2v) is 12.1. The molecule has 2 heterocycles. The summed E-state index contributed by atoms with van der Waals surface area (Å²) in [4.78, 5) is 23.0. The molecule has 0 atom stereocenters. The summed E-state index contributed by atoms with van der Waals surface area (Å²) in [6.07, 6.45) is 10.6. The van der Waals surface area contributed by atoms with Crippen LogP contribution in [0.2, 0.25) is 0 Å². The molecule has 7 heteroatoms. The minimum Gasteiger partial charge on any atom is -0.493 e. The molecule has 0 N–H and O–H groups in total. The SMILES string of the molecule is CCCCN(CCCC)c1ccc(C2(c3ccc(N(CCCC)CCCC)cc3OCC)OC(=O)c3ncccc32)c(OCC)c1. The molecule has 0 aliphatic carbocycles. The van der Waals surface area contributed by atoms with E-state index in [2.05, 4.69) is 78.9 Å². The van der Waals surface area contributed by atoms with E-state index in [4.69, 9.17) is 14.2 Å². The third-order valence-corrected chi connectivity index (χ3v) is 8.77. The predicted molar refractivity (Wildman–Crippen MR) is 189 cm³/mol. The number of pyridine rings is 1. The normalized spacial score (nSPS) is 13.3. The van der Waals surface area contributed by atoms with Crippen LogP contribution in [0.15, 0.2) is 54.7 Å². The number of fused-ring (bicyclic) bond motifs is 1. The second-order valence-electron chi connectivity index (χ2n) is 12.1. The fourth-order valence-corrected chi connectivity index (χ4v) is 6.32. The van der Waals surface area contributed by atoms with Crippen LogP contribution in [-0.2, 0) is 10.3 Å². The Morgan fingerprint density at radius 3 is 1.52 bits per heavy atom. The summed E-state index contributed by atoms with van der Waals surface area (Å²) in [5, 5.41) is 0. The van der Waals surface area contributed by atoms with Gasteiger partial charge < -0.3 is 24.0 Å². The van der Waals surface area contributed by atoms with Crippen LogP contribution in [0, 0.1) is 0 Å². The van der Waals surface area contributed by atoms with Crippen LogP contribution in [0.1, 0.15) is 120 Å². The number of hydrogen-bond acceptors (Lipinski definition) is 7. The Morgan fingerprint density at radius 1 is 0.652 bits per heavy atom. The molecule has 0 saturated heterocycles. The smallest absolute Gasteiger partial charge is 0.358 e. The molecule has 7 nitrogen and oxygen atoms in total. The van der Waals surface area contributed by atoms with E-state index in [9.17, 15) is 4.79 Å². The second kappa shape index (κ2) is 17.3. The minimum atomic E-state index is -1.29. The van der Waals surface area contributed by atoms with Gasteiger partial charge in [-0.3, -0.25) is 0 Å². The molecule has 0 saturated carbocycles. The Balaban J connectivity index is 1.95. The molecule has 0 amide bonds. The van der Waals surface area contributed by atoms with Crippen LogP contribution in [0.5, 0.6) is 11.5 Å². The molecule has 1 aromatic heterocycles. The molecule has 0 fully saturated rings. The summed E-state index contributed by atoms with van der Waals surface area (Å²) in [6, 6.07) is 16.5. The van der Waals surface area contributed by atoms with Gasteiger partial charge in [0, 0.05) is 72.6 Å². The number of hydrogen-bond donors (Lipinski definition) is 0. The average Bonchev–Trinajstić information content (AvgIpc) is 3.37. The fourth-order valence-electron chi connectivity index (χ4n) is 6.32. The van der Waals surface area contributed by atoms with Gasteiger partial charge in [-0.1, -0.05) is 59.4 Å². The van der Waals surface area contributed by atoms with Crippen LogP contribution in [0.25, 0.3) is 0 Å². The van der Waals surface area contributed by atoms with Crippen molar-refractivity contribution in [2.24, 2.45) is 0 Å². The molecule has 1 aliphatic heterocycles. The minimum absolute atomic E-state index is 0.320. The topological polar surface area (TPSA) is 64.1 Å². The quantitative estimate of drug-likeness (QED) is 0.116. The Kier molecular flexibility index (Phi) is 13.2. The highest BCUT2D eigenvalue weighted by molar-refractivity contribution is 5.95. The Labute approximate surface area is 277 Å². The molecule has 1 aliphatic rings. The van der Waals surface area contributed by atoms with E-state index in [1.54, 1.807) is 6.20 Å². The van der Waals surface area contributed by atoms with E-state index >= 15 is 0 Å². The van der Waals surface area contributed by atoms with Gasteiger partial charge in [0.15, 0.2) is 11.3 Å². The highest BCUT2D eigenvalue weighted by Crippen LogP contribution is 2.53. The van der Waals surface area contributed by atoms with Gasteiger partial charge in [-0.15, -0.1) is 0 Å². The number of ether oxygens (including phenoxy) is 3. The van der Waals surface area contributed by atoms with Crippen molar-refractivity contribution in [2.45, 2.75) is 98.5 Å². The van der Waals surface area contributed by atoms with Crippen molar-refractivity contribution >= 4 is 17.3 Å². The van der Waals surface area contributed by atoms with Gasteiger partial charge >= 0.3 is 5.97 Å². The maximum atomic E-state index is 13.6. The van der Waals surface area contributed by atoms with Gasteiger partial charge in [0.05, 0.1) is 13.2 Å². The summed E-state index contributed by atoms with van der Waals surface area (Å²) in [7, 11) is 0. The van der Waals surface area contributed by atoms with E-state index in [1.165, 1.54) is 0 Å². The first-order valence-electron chi connectivity index (χ1n) is 17.7. The number of aromatic nitrogens is 1. The summed E-state index contributed by atoms with van der Waals surface area (Å²) in [6.45, 7) is 17.8. The van der Waals surface area contributed by atoms with Crippen LogP contribution < -0.4 is 19.3 Å². The molecule has 0 spiro atoms. The summed E-state index contributed by atoms with van der Waals surface area (Å²) in [5.74, 6) is 0.941. The number of cyclic esters (lactones) is 1. The van der Waals surface area contributed by atoms with Gasteiger partial charge in [-0.05, 0) is 69.9 Å². The van der Waals surface area contributed by atoms with Crippen molar-refractivity contribution in [2.75, 3.05) is 49.2 Å². The first-order valence-corrected chi connectivity index (χ1v) is 17.7. The van der Waals surface area contributed by atoms with Crippen LogP contribution in [0.3, 0.4) is 0 Å². The van der Waals surface area contributed by atoms with E-state index in [1.807, 2.05) is 26.0 Å². The molecular weight excluding hydrogens is 574 g/mol. The maximum absolute atomic E-state index is 13.6. The lowest BCUT2D eigenvalue weighted by Gasteiger charge is -2.34. The zero-order valence-corrected chi connectivity index (χ0v) is 29.1. The molecule has 4 rings (SSSR count). The zero-order chi connectivity index (χ0) is 32.9.